The van der Waals surface area contributed by atoms with Gasteiger partial charge in [-0.1, -0.05) is 13.8 Å². The van der Waals surface area contributed by atoms with Crippen molar-refractivity contribution in [3.8, 4) is 0 Å². The van der Waals surface area contributed by atoms with Gasteiger partial charge < -0.3 is 16.8 Å². The molecule has 0 aliphatic rings. The summed E-state index contributed by atoms with van der Waals surface area (Å²) in [6.45, 7) is 4.07. The van der Waals surface area contributed by atoms with Gasteiger partial charge in [-0.05, 0) is 53.9 Å². The first-order valence-corrected chi connectivity index (χ1v) is 6.53. The number of nitrogen functional groups attached to an aromatic ring is 2. The fourth-order valence-electron chi connectivity index (χ4n) is 2.03. The van der Waals surface area contributed by atoms with Crippen molar-refractivity contribution in [3.63, 3.8) is 0 Å². The second kappa shape index (κ2) is 5.65. The second-order valence-corrected chi connectivity index (χ2v) is 5.08. The lowest BCUT2D eigenvalue weighted by Crippen LogP contribution is -2.15. The third-order valence-corrected chi connectivity index (χ3v) is 3.11. The van der Waals surface area contributed by atoms with Crippen molar-refractivity contribution in [2.45, 2.75) is 19.8 Å². The van der Waals surface area contributed by atoms with Crippen molar-refractivity contribution in [2.75, 3.05) is 16.8 Å². The fourth-order valence-corrected chi connectivity index (χ4v) is 2.03. The molecule has 5 N–H and O–H groups in total. The molecule has 0 unspecified atom stereocenters. The Labute approximate surface area is 118 Å². The standard InChI is InChI=1S/C16H19N3O/c1-10(2)15-9-12(18)5-8-14(15)16(20)19-13-6-3-11(17)4-7-13/h3-10H,17-18H2,1-2H3,(H,19,20). The summed E-state index contributed by atoms with van der Waals surface area (Å²) in [4.78, 5) is 12.4. The summed E-state index contributed by atoms with van der Waals surface area (Å²) < 4.78 is 0. The number of rotatable bonds is 3. The van der Waals surface area contributed by atoms with Gasteiger partial charge in [-0.3, -0.25) is 4.79 Å². The number of nitrogens with two attached hydrogens (primary N) is 2. The van der Waals surface area contributed by atoms with Gasteiger partial charge in [-0.2, -0.15) is 0 Å². The van der Waals surface area contributed by atoms with E-state index < -0.39 is 0 Å². The number of anilines is 3. The van der Waals surface area contributed by atoms with Crippen molar-refractivity contribution in [1.29, 1.82) is 0 Å². The molecule has 0 fully saturated rings. The maximum absolute atomic E-state index is 12.4. The Morgan fingerprint density at radius 3 is 2.20 bits per heavy atom. The van der Waals surface area contributed by atoms with E-state index in [4.69, 9.17) is 11.5 Å². The molecule has 2 rings (SSSR count). The SMILES string of the molecule is CC(C)c1cc(N)ccc1C(=O)Nc1ccc(N)cc1. The van der Waals surface area contributed by atoms with E-state index in [1.165, 1.54) is 0 Å². The highest BCUT2D eigenvalue weighted by Gasteiger charge is 2.14. The maximum atomic E-state index is 12.4. The Kier molecular flexibility index (Phi) is 3.94. The minimum absolute atomic E-state index is 0.140. The largest absolute Gasteiger partial charge is 0.399 e. The molecule has 0 aromatic heterocycles. The fraction of sp³-hybridized carbons (Fsp3) is 0.188. The summed E-state index contributed by atoms with van der Waals surface area (Å²) in [6, 6.07) is 12.4. The quantitative estimate of drug-likeness (QED) is 0.748. The van der Waals surface area contributed by atoms with Crippen molar-refractivity contribution in [1.82, 2.24) is 0 Å². The van der Waals surface area contributed by atoms with Crippen LogP contribution in [0.4, 0.5) is 17.1 Å². The average molecular weight is 269 g/mol. The van der Waals surface area contributed by atoms with E-state index in [0.29, 0.717) is 16.9 Å². The Morgan fingerprint density at radius 2 is 1.60 bits per heavy atom. The van der Waals surface area contributed by atoms with Crippen molar-refractivity contribution in [3.05, 3.63) is 53.6 Å². The first-order valence-electron chi connectivity index (χ1n) is 6.53. The topological polar surface area (TPSA) is 81.1 Å². The average Bonchev–Trinajstić information content (AvgIpc) is 2.41. The summed E-state index contributed by atoms with van der Waals surface area (Å²) in [5.41, 5.74) is 15.0. The molecular weight excluding hydrogens is 250 g/mol. The van der Waals surface area contributed by atoms with Crippen LogP contribution >= 0.6 is 0 Å². The summed E-state index contributed by atoms with van der Waals surface area (Å²) >= 11 is 0. The number of hydrogen-bond acceptors (Lipinski definition) is 3. The van der Waals surface area contributed by atoms with Crippen molar-refractivity contribution >= 4 is 23.0 Å². The molecule has 4 nitrogen and oxygen atoms in total. The molecular formula is C16H19N3O. The third-order valence-electron chi connectivity index (χ3n) is 3.11. The molecule has 0 heterocycles. The molecule has 0 spiro atoms. The maximum Gasteiger partial charge on any atom is 0.255 e. The lowest BCUT2D eigenvalue weighted by atomic mass is 9.96. The van der Waals surface area contributed by atoms with E-state index >= 15 is 0 Å². The minimum Gasteiger partial charge on any atom is -0.399 e. The number of carbonyl (C=O) groups excluding carboxylic acids is 1. The number of carbonyl (C=O) groups is 1. The van der Waals surface area contributed by atoms with Crippen LogP contribution in [0, 0.1) is 0 Å². The predicted octanol–water partition coefficient (Wildman–Crippen LogP) is 3.23. The Bertz CT molecular complexity index is 618. The van der Waals surface area contributed by atoms with Crippen LogP contribution < -0.4 is 16.8 Å². The van der Waals surface area contributed by atoms with Crippen LogP contribution in [-0.4, -0.2) is 5.91 Å². The van der Waals surface area contributed by atoms with Crippen LogP contribution in [-0.2, 0) is 0 Å². The Morgan fingerprint density at radius 1 is 1.00 bits per heavy atom. The second-order valence-electron chi connectivity index (χ2n) is 5.08. The van der Waals surface area contributed by atoms with Gasteiger partial charge in [0.25, 0.3) is 5.91 Å². The molecule has 0 aliphatic heterocycles. The zero-order chi connectivity index (χ0) is 14.7. The number of hydrogen-bond donors (Lipinski definition) is 3. The lowest BCUT2D eigenvalue weighted by molar-refractivity contribution is 0.102. The predicted molar refractivity (Wildman–Crippen MR) is 83.8 cm³/mol. The normalized spacial score (nSPS) is 10.6. The molecule has 2 aromatic rings. The molecule has 2 aromatic carbocycles. The molecule has 20 heavy (non-hydrogen) atoms. The Balaban J connectivity index is 2.27. The molecule has 4 heteroatoms. The lowest BCUT2D eigenvalue weighted by Gasteiger charge is -2.13. The van der Waals surface area contributed by atoms with Gasteiger partial charge in [-0.25, -0.2) is 0 Å². The molecule has 0 saturated heterocycles. The van der Waals surface area contributed by atoms with Crippen molar-refractivity contribution in [2.24, 2.45) is 0 Å². The Hall–Kier alpha value is -2.49. The number of benzene rings is 2. The first-order chi connectivity index (χ1) is 9.47. The van der Waals surface area contributed by atoms with Gasteiger partial charge in [0.1, 0.15) is 0 Å². The first kappa shape index (κ1) is 13.9. The van der Waals surface area contributed by atoms with Crippen LogP contribution in [0.5, 0.6) is 0 Å². The van der Waals surface area contributed by atoms with Crippen LogP contribution in [0.3, 0.4) is 0 Å². The van der Waals surface area contributed by atoms with Gasteiger partial charge >= 0.3 is 0 Å². The molecule has 0 aliphatic carbocycles. The molecule has 0 saturated carbocycles. The smallest absolute Gasteiger partial charge is 0.255 e. The summed E-state index contributed by atoms with van der Waals surface area (Å²) in [6.07, 6.45) is 0. The number of nitrogens with one attached hydrogen (secondary N) is 1. The van der Waals surface area contributed by atoms with Crippen LogP contribution in [0.1, 0.15) is 35.7 Å². The van der Waals surface area contributed by atoms with E-state index in [1.807, 2.05) is 19.9 Å². The molecule has 0 radical (unpaired) electrons. The van der Waals surface area contributed by atoms with E-state index in [0.717, 1.165) is 11.3 Å². The van der Waals surface area contributed by atoms with E-state index in [1.54, 1.807) is 36.4 Å². The summed E-state index contributed by atoms with van der Waals surface area (Å²) in [5.74, 6) is 0.0872. The highest BCUT2D eigenvalue weighted by Crippen LogP contribution is 2.23. The van der Waals surface area contributed by atoms with Gasteiger partial charge in [0.2, 0.25) is 0 Å². The third kappa shape index (κ3) is 3.09. The van der Waals surface area contributed by atoms with Gasteiger partial charge in [0, 0.05) is 22.6 Å². The highest BCUT2D eigenvalue weighted by molar-refractivity contribution is 6.05. The summed E-state index contributed by atoms with van der Waals surface area (Å²) in [5, 5.41) is 2.86. The van der Waals surface area contributed by atoms with E-state index in [9.17, 15) is 4.79 Å². The number of amides is 1. The monoisotopic (exact) mass is 269 g/mol. The summed E-state index contributed by atoms with van der Waals surface area (Å²) in [7, 11) is 0. The van der Waals surface area contributed by atoms with Crippen LogP contribution in [0.25, 0.3) is 0 Å². The zero-order valence-electron chi connectivity index (χ0n) is 11.7. The van der Waals surface area contributed by atoms with Gasteiger partial charge in [0.05, 0.1) is 0 Å². The highest BCUT2D eigenvalue weighted by atomic mass is 16.1. The van der Waals surface area contributed by atoms with Crippen LogP contribution in [0.15, 0.2) is 42.5 Å². The molecule has 1 amide bonds. The van der Waals surface area contributed by atoms with Crippen molar-refractivity contribution < 1.29 is 4.79 Å². The van der Waals surface area contributed by atoms with E-state index in [-0.39, 0.29) is 11.8 Å². The molecule has 0 bridgehead atoms. The van der Waals surface area contributed by atoms with Gasteiger partial charge in [0.15, 0.2) is 0 Å². The molecule has 104 valence electrons. The van der Waals surface area contributed by atoms with E-state index in [2.05, 4.69) is 5.32 Å². The molecule has 0 atom stereocenters. The van der Waals surface area contributed by atoms with Gasteiger partial charge in [-0.15, -0.1) is 0 Å². The zero-order valence-corrected chi connectivity index (χ0v) is 11.7. The minimum atomic E-state index is -0.140. The van der Waals surface area contributed by atoms with Crippen LogP contribution in [0.2, 0.25) is 0 Å².